The zero-order valence-electron chi connectivity index (χ0n) is 9.12. The number of rotatable bonds is 3. The second-order valence-corrected chi connectivity index (χ2v) is 3.57. The van der Waals surface area contributed by atoms with Crippen LogP contribution >= 0.6 is 0 Å². The molecule has 1 aromatic heterocycles. The largest absolute Gasteiger partial charge is 0.467 e. The number of para-hydroxylation sites is 1. The Morgan fingerprint density at radius 3 is 2.82 bits per heavy atom. The summed E-state index contributed by atoms with van der Waals surface area (Å²) in [5.41, 5.74) is 0.942. The normalized spacial score (nSPS) is 14.5. The maximum Gasteiger partial charge on any atom is 0.337 e. The zero-order chi connectivity index (χ0) is 12.4. The molecule has 90 valence electrons. The highest BCUT2D eigenvalue weighted by Gasteiger charge is 2.29. The van der Waals surface area contributed by atoms with Gasteiger partial charge in [0.25, 0.3) is 0 Å². The van der Waals surface area contributed by atoms with Crippen molar-refractivity contribution in [2.45, 2.75) is 12.2 Å². The number of carbonyl (C=O) groups excluding carboxylic acids is 1. The second-order valence-electron chi connectivity index (χ2n) is 3.57. The number of aromatic amines is 1. The van der Waals surface area contributed by atoms with Gasteiger partial charge in [-0.05, 0) is 6.07 Å². The Hall–Kier alpha value is -1.92. The Morgan fingerprint density at radius 1 is 1.41 bits per heavy atom. The van der Waals surface area contributed by atoms with Gasteiger partial charge in [-0.3, -0.25) is 5.10 Å². The highest BCUT2D eigenvalue weighted by Crippen LogP contribution is 2.24. The number of aliphatic hydroxyl groups is 2. The summed E-state index contributed by atoms with van der Waals surface area (Å²) in [5.74, 6) is -0.892. The molecule has 0 radical (unpaired) electrons. The van der Waals surface area contributed by atoms with Gasteiger partial charge in [0, 0.05) is 5.39 Å². The third kappa shape index (κ3) is 2.00. The molecule has 2 unspecified atom stereocenters. The van der Waals surface area contributed by atoms with Crippen LogP contribution in [-0.2, 0) is 9.53 Å². The zero-order valence-corrected chi connectivity index (χ0v) is 9.12. The van der Waals surface area contributed by atoms with E-state index in [0.717, 1.165) is 7.11 Å². The summed E-state index contributed by atoms with van der Waals surface area (Å²) in [7, 11) is 1.14. The molecule has 0 fully saturated rings. The molecule has 2 aromatic rings. The monoisotopic (exact) mass is 236 g/mol. The number of H-pyrrole nitrogens is 1. The number of benzene rings is 1. The van der Waals surface area contributed by atoms with Crippen molar-refractivity contribution >= 4 is 16.9 Å². The highest BCUT2D eigenvalue weighted by molar-refractivity contribution is 5.83. The molecule has 3 N–H and O–H groups in total. The van der Waals surface area contributed by atoms with Crippen molar-refractivity contribution in [1.82, 2.24) is 10.2 Å². The van der Waals surface area contributed by atoms with E-state index >= 15 is 0 Å². The Labute approximate surface area is 96.8 Å². The van der Waals surface area contributed by atoms with Gasteiger partial charge in [-0.2, -0.15) is 5.10 Å². The van der Waals surface area contributed by atoms with Crippen LogP contribution in [0.3, 0.4) is 0 Å². The van der Waals surface area contributed by atoms with Crippen LogP contribution in [-0.4, -0.2) is 39.6 Å². The smallest absolute Gasteiger partial charge is 0.337 e. The third-order valence-electron chi connectivity index (χ3n) is 2.53. The van der Waals surface area contributed by atoms with Gasteiger partial charge in [0.05, 0.1) is 18.3 Å². The fourth-order valence-corrected chi connectivity index (χ4v) is 1.61. The summed E-state index contributed by atoms with van der Waals surface area (Å²) >= 11 is 0. The molecule has 1 heterocycles. The number of esters is 1. The van der Waals surface area contributed by atoms with E-state index in [2.05, 4.69) is 14.9 Å². The quantitative estimate of drug-likeness (QED) is 0.658. The molecule has 17 heavy (non-hydrogen) atoms. The van der Waals surface area contributed by atoms with Crippen molar-refractivity contribution in [3.05, 3.63) is 30.0 Å². The van der Waals surface area contributed by atoms with E-state index < -0.39 is 18.2 Å². The molecule has 0 amide bonds. The van der Waals surface area contributed by atoms with Crippen molar-refractivity contribution in [2.24, 2.45) is 0 Å². The van der Waals surface area contributed by atoms with Crippen molar-refractivity contribution in [3.63, 3.8) is 0 Å². The number of aliphatic hydroxyl groups excluding tert-OH is 2. The molecule has 1 aromatic carbocycles. The van der Waals surface area contributed by atoms with Crippen LogP contribution < -0.4 is 0 Å². The number of hydrogen-bond acceptors (Lipinski definition) is 5. The molecular weight excluding hydrogens is 224 g/mol. The minimum Gasteiger partial charge on any atom is -0.467 e. The van der Waals surface area contributed by atoms with Crippen molar-refractivity contribution in [2.75, 3.05) is 7.11 Å². The van der Waals surface area contributed by atoms with E-state index in [1.807, 2.05) is 0 Å². The van der Waals surface area contributed by atoms with Gasteiger partial charge in [0.2, 0.25) is 0 Å². The van der Waals surface area contributed by atoms with Gasteiger partial charge in [-0.1, -0.05) is 18.2 Å². The van der Waals surface area contributed by atoms with Crippen LogP contribution in [0, 0.1) is 0 Å². The summed E-state index contributed by atoms with van der Waals surface area (Å²) < 4.78 is 4.36. The molecule has 6 heteroatoms. The van der Waals surface area contributed by atoms with Gasteiger partial charge in [-0.15, -0.1) is 0 Å². The first-order valence-electron chi connectivity index (χ1n) is 5.02. The Kier molecular flexibility index (Phi) is 3.08. The average molecular weight is 236 g/mol. The van der Waals surface area contributed by atoms with E-state index in [9.17, 15) is 15.0 Å². The first-order valence-corrected chi connectivity index (χ1v) is 5.02. The Bertz CT molecular complexity index is 537. The molecule has 0 aliphatic heterocycles. The number of nitrogens with one attached hydrogen (secondary N) is 1. The third-order valence-corrected chi connectivity index (χ3v) is 2.53. The van der Waals surface area contributed by atoms with Crippen LogP contribution in [0.5, 0.6) is 0 Å². The lowest BCUT2D eigenvalue weighted by Gasteiger charge is -2.14. The lowest BCUT2D eigenvalue weighted by atomic mass is 10.1. The lowest BCUT2D eigenvalue weighted by molar-refractivity contribution is -0.156. The molecule has 0 aliphatic rings. The molecule has 0 bridgehead atoms. The van der Waals surface area contributed by atoms with E-state index in [1.165, 1.54) is 0 Å². The van der Waals surface area contributed by atoms with Gasteiger partial charge < -0.3 is 14.9 Å². The van der Waals surface area contributed by atoms with E-state index in [4.69, 9.17) is 0 Å². The van der Waals surface area contributed by atoms with E-state index in [0.29, 0.717) is 16.6 Å². The van der Waals surface area contributed by atoms with Crippen molar-refractivity contribution in [3.8, 4) is 0 Å². The molecule has 0 saturated heterocycles. The summed E-state index contributed by atoms with van der Waals surface area (Å²) in [4.78, 5) is 11.1. The minimum atomic E-state index is -1.64. The molecule has 2 atom stereocenters. The van der Waals surface area contributed by atoms with E-state index in [-0.39, 0.29) is 0 Å². The molecule has 0 aliphatic carbocycles. The molecule has 0 spiro atoms. The lowest BCUT2D eigenvalue weighted by Crippen LogP contribution is -2.29. The van der Waals surface area contributed by atoms with Crippen molar-refractivity contribution in [1.29, 1.82) is 0 Å². The summed E-state index contributed by atoms with van der Waals surface area (Å²) in [6, 6.07) is 7.07. The van der Waals surface area contributed by atoms with Gasteiger partial charge in [-0.25, -0.2) is 4.79 Å². The average Bonchev–Trinajstić information content (AvgIpc) is 2.79. The highest BCUT2D eigenvalue weighted by atomic mass is 16.5. The Morgan fingerprint density at radius 2 is 2.12 bits per heavy atom. The van der Waals surface area contributed by atoms with Crippen molar-refractivity contribution < 1.29 is 19.7 Å². The molecule has 6 nitrogen and oxygen atoms in total. The first-order chi connectivity index (χ1) is 8.15. The molecule has 0 saturated carbocycles. The maximum absolute atomic E-state index is 11.1. The number of aromatic nitrogens is 2. The topological polar surface area (TPSA) is 95.4 Å². The predicted octanol–water partition coefficient (Wildman–Crippen LogP) is 0.130. The van der Waals surface area contributed by atoms with Crippen LogP contribution in [0.15, 0.2) is 24.3 Å². The minimum absolute atomic E-state index is 0.290. The Balaban J connectivity index is 2.36. The second kappa shape index (κ2) is 4.52. The summed E-state index contributed by atoms with van der Waals surface area (Å²) in [6.07, 6.45) is -3.03. The van der Waals surface area contributed by atoms with Crippen LogP contribution in [0.2, 0.25) is 0 Å². The number of methoxy groups -OCH3 is 1. The number of nitrogens with zero attached hydrogens (tertiary/aromatic N) is 1. The fourth-order valence-electron chi connectivity index (χ4n) is 1.61. The number of carbonyl (C=O) groups is 1. The number of ether oxygens (including phenoxy) is 1. The van der Waals surface area contributed by atoms with Crippen LogP contribution in [0.1, 0.15) is 11.8 Å². The standard InChI is InChI=1S/C11H12N2O4/c1-17-11(16)10(15)9(14)8-6-4-2-3-5-7(6)12-13-8/h2-5,9-10,14-15H,1H3,(H,12,13). The first kappa shape index (κ1) is 11.6. The fraction of sp³-hybridized carbons (Fsp3) is 0.273. The maximum atomic E-state index is 11.1. The summed E-state index contributed by atoms with van der Waals surface area (Å²) in [6.45, 7) is 0. The molecular formula is C11H12N2O4. The van der Waals surface area contributed by atoms with Gasteiger partial charge in [0.15, 0.2) is 6.10 Å². The van der Waals surface area contributed by atoms with E-state index in [1.54, 1.807) is 24.3 Å². The SMILES string of the molecule is COC(=O)C(O)C(O)c1[nH]nc2ccccc12. The van der Waals surface area contributed by atoms with Gasteiger partial charge in [0.1, 0.15) is 6.10 Å². The van der Waals surface area contributed by atoms with Gasteiger partial charge >= 0.3 is 5.97 Å². The number of fused-ring (bicyclic) bond motifs is 1. The van der Waals surface area contributed by atoms with Crippen LogP contribution in [0.4, 0.5) is 0 Å². The molecule has 2 rings (SSSR count). The summed E-state index contributed by atoms with van der Waals surface area (Å²) in [5, 5.41) is 26.6. The predicted molar refractivity (Wildman–Crippen MR) is 59.1 cm³/mol. The number of hydrogen-bond donors (Lipinski definition) is 3. The van der Waals surface area contributed by atoms with Crippen LogP contribution in [0.25, 0.3) is 10.9 Å².